The Kier molecular flexibility index (Phi) is 3.68. The van der Waals surface area contributed by atoms with Gasteiger partial charge in [0.2, 0.25) is 0 Å². The Morgan fingerprint density at radius 3 is 2.80 bits per heavy atom. The maximum atomic E-state index is 12.3. The summed E-state index contributed by atoms with van der Waals surface area (Å²) in [5.74, 6) is 0.136. The molecule has 4 heteroatoms. The van der Waals surface area contributed by atoms with Crippen molar-refractivity contribution in [2.45, 2.75) is 13.3 Å². The lowest BCUT2D eigenvalue weighted by Crippen LogP contribution is -2.02. The SMILES string of the molecule is Cc1ccc2cccc(CC(=O)c3ccc(Br)s3)c2n1. The number of hydrogen-bond acceptors (Lipinski definition) is 3. The number of Topliss-reactive ketones (excluding diaryl/α,β-unsaturated/α-hetero) is 1. The van der Waals surface area contributed by atoms with E-state index in [-0.39, 0.29) is 5.78 Å². The number of hydrogen-bond donors (Lipinski definition) is 0. The quantitative estimate of drug-likeness (QED) is 0.638. The fourth-order valence-corrected chi connectivity index (χ4v) is 3.50. The Morgan fingerprint density at radius 2 is 2.05 bits per heavy atom. The van der Waals surface area contributed by atoms with Crippen molar-refractivity contribution in [1.29, 1.82) is 0 Å². The van der Waals surface area contributed by atoms with Crippen LogP contribution in [0.25, 0.3) is 10.9 Å². The Bertz CT molecular complexity index is 794. The van der Waals surface area contributed by atoms with Crippen LogP contribution in [0.1, 0.15) is 20.9 Å². The third-order valence-corrected chi connectivity index (χ3v) is 4.81. The van der Waals surface area contributed by atoms with Crippen molar-refractivity contribution in [2.75, 3.05) is 0 Å². The average molecular weight is 346 g/mol. The Hall–Kier alpha value is -1.52. The number of ketones is 1. The fourth-order valence-electron chi connectivity index (χ4n) is 2.17. The number of aromatic nitrogens is 1. The average Bonchev–Trinajstić information content (AvgIpc) is 2.86. The van der Waals surface area contributed by atoms with Gasteiger partial charge in [-0.1, -0.05) is 24.3 Å². The molecule has 0 saturated carbocycles. The van der Waals surface area contributed by atoms with E-state index in [0.29, 0.717) is 6.42 Å². The summed E-state index contributed by atoms with van der Waals surface area (Å²) in [7, 11) is 0. The standard InChI is InChI=1S/C16H12BrNOS/c1-10-5-6-11-3-2-4-12(16(11)18-10)9-13(19)14-7-8-15(17)20-14/h2-8H,9H2,1H3. The van der Waals surface area contributed by atoms with Crippen LogP contribution in [-0.4, -0.2) is 10.8 Å². The molecular weight excluding hydrogens is 334 g/mol. The molecule has 1 aromatic carbocycles. The van der Waals surface area contributed by atoms with E-state index in [9.17, 15) is 4.79 Å². The van der Waals surface area contributed by atoms with Crippen LogP contribution in [-0.2, 0) is 6.42 Å². The molecule has 0 atom stereocenters. The molecule has 0 spiro atoms. The molecule has 0 aliphatic rings. The van der Waals surface area contributed by atoms with Crippen LogP contribution in [0, 0.1) is 6.92 Å². The number of rotatable bonds is 3. The first-order valence-electron chi connectivity index (χ1n) is 6.27. The van der Waals surface area contributed by atoms with Gasteiger partial charge in [-0.05, 0) is 46.6 Å². The minimum absolute atomic E-state index is 0.136. The zero-order valence-corrected chi connectivity index (χ0v) is 13.3. The third kappa shape index (κ3) is 2.67. The number of aryl methyl sites for hydroxylation is 1. The predicted octanol–water partition coefficient (Wildman–Crippen LogP) is 4.79. The molecule has 0 amide bonds. The molecule has 0 aliphatic carbocycles. The van der Waals surface area contributed by atoms with Gasteiger partial charge in [-0.15, -0.1) is 11.3 Å². The summed E-state index contributed by atoms with van der Waals surface area (Å²) >= 11 is 4.86. The van der Waals surface area contributed by atoms with Crippen LogP contribution in [0.3, 0.4) is 0 Å². The first-order chi connectivity index (χ1) is 9.63. The van der Waals surface area contributed by atoms with Crippen molar-refractivity contribution in [3.8, 4) is 0 Å². The topological polar surface area (TPSA) is 30.0 Å². The van der Waals surface area contributed by atoms with Gasteiger partial charge >= 0.3 is 0 Å². The Labute approximate surface area is 129 Å². The summed E-state index contributed by atoms with van der Waals surface area (Å²) in [6.07, 6.45) is 0.390. The Balaban J connectivity index is 1.98. The van der Waals surface area contributed by atoms with Crippen LogP contribution in [0.15, 0.2) is 46.3 Å². The number of halogens is 1. The summed E-state index contributed by atoms with van der Waals surface area (Å²) in [6, 6.07) is 13.8. The highest BCUT2D eigenvalue weighted by Gasteiger charge is 2.12. The van der Waals surface area contributed by atoms with Crippen molar-refractivity contribution in [2.24, 2.45) is 0 Å². The van der Waals surface area contributed by atoms with Gasteiger partial charge in [-0.3, -0.25) is 9.78 Å². The number of thiophene rings is 1. The Morgan fingerprint density at radius 1 is 1.20 bits per heavy atom. The molecule has 2 aromatic heterocycles. The number of pyridine rings is 1. The monoisotopic (exact) mass is 345 g/mol. The molecule has 2 heterocycles. The highest BCUT2D eigenvalue weighted by atomic mass is 79.9. The van der Waals surface area contributed by atoms with Gasteiger partial charge in [-0.2, -0.15) is 0 Å². The lowest BCUT2D eigenvalue weighted by atomic mass is 10.0. The van der Waals surface area contributed by atoms with E-state index in [1.807, 2.05) is 49.4 Å². The van der Waals surface area contributed by atoms with Gasteiger partial charge in [0.15, 0.2) is 5.78 Å². The smallest absolute Gasteiger partial charge is 0.177 e. The summed E-state index contributed by atoms with van der Waals surface area (Å²) in [5.41, 5.74) is 2.88. The second-order valence-electron chi connectivity index (χ2n) is 4.65. The van der Waals surface area contributed by atoms with Crippen molar-refractivity contribution in [3.63, 3.8) is 0 Å². The van der Waals surface area contributed by atoms with Gasteiger partial charge in [-0.25, -0.2) is 0 Å². The molecule has 20 heavy (non-hydrogen) atoms. The van der Waals surface area contributed by atoms with E-state index >= 15 is 0 Å². The summed E-state index contributed by atoms with van der Waals surface area (Å²) in [6.45, 7) is 1.97. The predicted molar refractivity (Wildman–Crippen MR) is 86.5 cm³/mol. The van der Waals surface area contributed by atoms with E-state index in [2.05, 4.69) is 20.9 Å². The summed E-state index contributed by atoms with van der Waals surface area (Å²) in [4.78, 5) is 17.7. The van der Waals surface area contributed by atoms with Crippen molar-refractivity contribution < 1.29 is 4.79 Å². The minimum atomic E-state index is 0.136. The number of benzene rings is 1. The lowest BCUT2D eigenvalue weighted by molar-refractivity contribution is 0.0997. The first-order valence-corrected chi connectivity index (χ1v) is 7.88. The maximum Gasteiger partial charge on any atom is 0.177 e. The van der Waals surface area contributed by atoms with Gasteiger partial charge in [0.25, 0.3) is 0 Å². The number of para-hydroxylation sites is 1. The van der Waals surface area contributed by atoms with E-state index in [1.54, 1.807) is 0 Å². The number of nitrogens with zero attached hydrogens (tertiary/aromatic N) is 1. The van der Waals surface area contributed by atoms with Crippen LogP contribution in [0.4, 0.5) is 0 Å². The molecule has 3 rings (SSSR count). The van der Waals surface area contributed by atoms with Gasteiger partial charge in [0.05, 0.1) is 14.2 Å². The molecule has 0 saturated heterocycles. The highest BCUT2D eigenvalue weighted by Crippen LogP contribution is 2.25. The van der Waals surface area contributed by atoms with E-state index < -0.39 is 0 Å². The van der Waals surface area contributed by atoms with Gasteiger partial charge < -0.3 is 0 Å². The first kappa shape index (κ1) is 13.5. The lowest BCUT2D eigenvalue weighted by Gasteiger charge is -2.05. The minimum Gasteiger partial charge on any atom is -0.293 e. The van der Waals surface area contributed by atoms with Crippen LogP contribution in [0.2, 0.25) is 0 Å². The van der Waals surface area contributed by atoms with E-state index in [1.165, 1.54) is 11.3 Å². The fraction of sp³-hybridized carbons (Fsp3) is 0.125. The molecule has 0 fully saturated rings. The summed E-state index contributed by atoms with van der Waals surface area (Å²) in [5, 5.41) is 1.08. The van der Waals surface area contributed by atoms with E-state index in [4.69, 9.17) is 0 Å². The highest BCUT2D eigenvalue weighted by molar-refractivity contribution is 9.11. The normalized spacial score (nSPS) is 10.9. The van der Waals surface area contributed by atoms with Crippen LogP contribution >= 0.6 is 27.3 Å². The molecular formula is C16H12BrNOS. The second kappa shape index (κ2) is 5.46. The zero-order chi connectivity index (χ0) is 14.1. The molecule has 0 unspecified atom stereocenters. The number of carbonyl (C=O) groups is 1. The van der Waals surface area contributed by atoms with E-state index in [0.717, 1.165) is 30.8 Å². The molecule has 100 valence electrons. The second-order valence-corrected chi connectivity index (χ2v) is 7.11. The van der Waals surface area contributed by atoms with Crippen LogP contribution in [0.5, 0.6) is 0 Å². The maximum absolute atomic E-state index is 12.3. The van der Waals surface area contributed by atoms with Crippen molar-refractivity contribution in [1.82, 2.24) is 4.98 Å². The number of fused-ring (bicyclic) bond motifs is 1. The van der Waals surface area contributed by atoms with Crippen LogP contribution < -0.4 is 0 Å². The molecule has 2 nitrogen and oxygen atoms in total. The van der Waals surface area contributed by atoms with Gasteiger partial charge in [0.1, 0.15) is 0 Å². The number of carbonyl (C=O) groups excluding carboxylic acids is 1. The largest absolute Gasteiger partial charge is 0.293 e. The molecule has 0 N–H and O–H groups in total. The molecule has 3 aromatic rings. The molecule has 0 radical (unpaired) electrons. The van der Waals surface area contributed by atoms with Gasteiger partial charge in [0, 0.05) is 17.5 Å². The van der Waals surface area contributed by atoms with Crippen molar-refractivity contribution in [3.05, 3.63) is 62.4 Å². The van der Waals surface area contributed by atoms with Crippen molar-refractivity contribution >= 4 is 44.0 Å². The summed E-state index contributed by atoms with van der Waals surface area (Å²) < 4.78 is 0.979. The molecule has 0 bridgehead atoms. The zero-order valence-electron chi connectivity index (χ0n) is 10.9. The molecule has 0 aliphatic heterocycles. The third-order valence-electron chi connectivity index (χ3n) is 3.14.